The third-order valence-corrected chi connectivity index (χ3v) is 3.74. The maximum absolute atomic E-state index is 12.9. The maximum atomic E-state index is 12.9. The molecule has 24 heavy (non-hydrogen) atoms. The molecule has 0 fully saturated rings. The molecule has 3 aromatic carbocycles. The lowest BCUT2D eigenvalue weighted by molar-refractivity contribution is -0.137. The summed E-state index contributed by atoms with van der Waals surface area (Å²) in [5.41, 5.74) is 0.471. The highest BCUT2D eigenvalue weighted by Crippen LogP contribution is 2.31. The molecule has 118 valence electrons. The highest BCUT2D eigenvalue weighted by atomic mass is 19.4. The van der Waals surface area contributed by atoms with E-state index in [1.54, 1.807) is 6.08 Å². The molecule has 0 aliphatic carbocycles. The summed E-state index contributed by atoms with van der Waals surface area (Å²) in [4.78, 5) is 0. The van der Waals surface area contributed by atoms with Crippen LogP contribution in [0.1, 0.15) is 16.7 Å². The predicted molar refractivity (Wildman–Crippen MR) is 88.9 cm³/mol. The summed E-state index contributed by atoms with van der Waals surface area (Å²) in [6.07, 6.45) is -2.81. The summed E-state index contributed by atoms with van der Waals surface area (Å²) in [7, 11) is 0. The SMILES string of the molecule is N#CC(=Cc1cccc2ccccc12)c1cccc(C(F)(F)F)c1. The van der Waals surface area contributed by atoms with Crippen molar-refractivity contribution in [1.82, 2.24) is 0 Å². The number of nitriles is 1. The van der Waals surface area contributed by atoms with Gasteiger partial charge in [0, 0.05) is 0 Å². The Morgan fingerprint density at radius 1 is 0.917 bits per heavy atom. The Labute approximate surface area is 137 Å². The molecule has 3 rings (SSSR count). The Bertz CT molecular complexity index is 957. The molecule has 3 aromatic rings. The first kappa shape index (κ1) is 15.8. The molecule has 0 saturated heterocycles. The quantitative estimate of drug-likeness (QED) is 0.424. The van der Waals surface area contributed by atoms with Crippen LogP contribution in [0.25, 0.3) is 22.4 Å². The van der Waals surface area contributed by atoms with Gasteiger partial charge in [-0.2, -0.15) is 18.4 Å². The van der Waals surface area contributed by atoms with Gasteiger partial charge in [0.1, 0.15) is 0 Å². The first-order chi connectivity index (χ1) is 11.5. The maximum Gasteiger partial charge on any atom is 0.416 e. The number of nitrogens with zero attached hydrogens (tertiary/aromatic N) is 1. The molecular weight excluding hydrogens is 311 g/mol. The summed E-state index contributed by atoms with van der Waals surface area (Å²) in [5.74, 6) is 0. The summed E-state index contributed by atoms with van der Waals surface area (Å²) < 4.78 is 38.6. The van der Waals surface area contributed by atoms with Gasteiger partial charge in [0.25, 0.3) is 0 Å². The molecule has 0 aromatic heterocycles. The minimum absolute atomic E-state index is 0.192. The topological polar surface area (TPSA) is 23.8 Å². The smallest absolute Gasteiger partial charge is 0.192 e. The summed E-state index contributed by atoms with van der Waals surface area (Å²) in [5, 5.41) is 11.4. The van der Waals surface area contributed by atoms with Crippen molar-refractivity contribution in [2.45, 2.75) is 6.18 Å². The second-order valence-electron chi connectivity index (χ2n) is 5.32. The standard InChI is InChI=1S/C20H12F3N/c21-20(22,23)18-9-4-7-15(12-18)17(13-24)11-16-8-3-6-14-5-1-2-10-19(14)16/h1-12H. The average molecular weight is 323 g/mol. The van der Waals surface area contributed by atoms with Gasteiger partial charge in [0.15, 0.2) is 0 Å². The average Bonchev–Trinajstić information content (AvgIpc) is 2.59. The lowest BCUT2D eigenvalue weighted by atomic mass is 9.98. The number of fused-ring (bicyclic) bond motifs is 1. The molecule has 0 saturated carbocycles. The van der Waals surface area contributed by atoms with E-state index in [0.29, 0.717) is 0 Å². The van der Waals surface area contributed by atoms with Crippen molar-refractivity contribution in [3.05, 3.63) is 83.4 Å². The monoisotopic (exact) mass is 323 g/mol. The number of rotatable bonds is 2. The molecule has 4 heteroatoms. The van der Waals surface area contributed by atoms with Crippen molar-refractivity contribution in [3.8, 4) is 6.07 Å². The van der Waals surface area contributed by atoms with Crippen molar-refractivity contribution >= 4 is 22.4 Å². The first-order valence-electron chi connectivity index (χ1n) is 7.26. The molecule has 0 bridgehead atoms. The Kier molecular flexibility index (Phi) is 4.09. The number of hydrogen-bond acceptors (Lipinski definition) is 1. The molecule has 0 atom stereocenters. The van der Waals surface area contributed by atoms with Crippen LogP contribution in [0.5, 0.6) is 0 Å². The number of alkyl halides is 3. The fraction of sp³-hybridized carbons (Fsp3) is 0.0500. The van der Waals surface area contributed by atoms with Gasteiger partial charge < -0.3 is 0 Å². The van der Waals surface area contributed by atoms with Crippen LogP contribution in [0.4, 0.5) is 13.2 Å². The van der Waals surface area contributed by atoms with E-state index < -0.39 is 11.7 Å². The van der Waals surface area contributed by atoms with Gasteiger partial charge in [-0.25, -0.2) is 0 Å². The van der Waals surface area contributed by atoms with Crippen molar-refractivity contribution in [2.75, 3.05) is 0 Å². The molecular formula is C20H12F3N. The van der Waals surface area contributed by atoms with Gasteiger partial charge in [-0.3, -0.25) is 0 Å². The van der Waals surface area contributed by atoms with Gasteiger partial charge >= 0.3 is 6.18 Å². The van der Waals surface area contributed by atoms with Crippen LogP contribution in [-0.2, 0) is 6.18 Å². The van der Waals surface area contributed by atoms with Crippen LogP contribution >= 0.6 is 0 Å². The molecule has 0 aliphatic rings. The van der Waals surface area contributed by atoms with E-state index in [2.05, 4.69) is 0 Å². The number of halogens is 3. The summed E-state index contributed by atoms with van der Waals surface area (Å²) in [6, 6.07) is 20.1. The van der Waals surface area contributed by atoms with E-state index in [0.717, 1.165) is 28.5 Å². The molecule has 0 radical (unpaired) electrons. The minimum Gasteiger partial charge on any atom is -0.192 e. The lowest BCUT2D eigenvalue weighted by Gasteiger charge is -2.08. The van der Waals surface area contributed by atoms with Gasteiger partial charge in [0.05, 0.1) is 17.2 Å². The van der Waals surface area contributed by atoms with Crippen LogP contribution in [0.2, 0.25) is 0 Å². The largest absolute Gasteiger partial charge is 0.416 e. The number of benzene rings is 3. The lowest BCUT2D eigenvalue weighted by Crippen LogP contribution is -2.04. The predicted octanol–water partition coefficient (Wildman–Crippen LogP) is 5.92. The van der Waals surface area contributed by atoms with Crippen molar-refractivity contribution in [1.29, 1.82) is 5.26 Å². The second kappa shape index (κ2) is 6.21. The highest BCUT2D eigenvalue weighted by molar-refractivity contribution is 5.98. The zero-order chi connectivity index (χ0) is 17.2. The zero-order valence-electron chi connectivity index (χ0n) is 12.5. The van der Waals surface area contributed by atoms with Crippen LogP contribution in [0, 0.1) is 11.3 Å². The molecule has 1 nitrogen and oxygen atoms in total. The highest BCUT2D eigenvalue weighted by Gasteiger charge is 2.30. The molecule has 0 unspecified atom stereocenters. The summed E-state index contributed by atoms with van der Waals surface area (Å²) in [6.45, 7) is 0. The molecule has 0 heterocycles. The second-order valence-corrected chi connectivity index (χ2v) is 5.32. The Morgan fingerprint density at radius 2 is 1.62 bits per heavy atom. The normalized spacial score (nSPS) is 12.2. The molecule has 0 aliphatic heterocycles. The Balaban J connectivity index is 2.12. The van der Waals surface area contributed by atoms with E-state index in [-0.39, 0.29) is 11.1 Å². The van der Waals surface area contributed by atoms with E-state index in [4.69, 9.17) is 0 Å². The van der Waals surface area contributed by atoms with Crippen LogP contribution in [-0.4, -0.2) is 0 Å². The van der Waals surface area contributed by atoms with Crippen molar-refractivity contribution in [3.63, 3.8) is 0 Å². The Morgan fingerprint density at radius 3 is 2.38 bits per heavy atom. The van der Waals surface area contributed by atoms with Crippen LogP contribution in [0.15, 0.2) is 66.7 Å². The van der Waals surface area contributed by atoms with Crippen LogP contribution < -0.4 is 0 Å². The van der Waals surface area contributed by atoms with E-state index >= 15 is 0 Å². The minimum atomic E-state index is -4.43. The zero-order valence-corrected chi connectivity index (χ0v) is 12.5. The third-order valence-electron chi connectivity index (χ3n) is 3.74. The molecule has 0 spiro atoms. The third kappa shape index (κ3) is 3.16. The fourth-order valence-corrected chi connectivity index (χ4v) is 2.58. The van der Waals surface area contributed by atoms with Gasteiger partial charge in [-0.1, -0.05) is 54.6 Å². The van der Waals surface area contributed by atoms with Gasteiger partial charge in [0.2, 0.25) is 0 Å². The fourth-order valence-electron chi connectivity index (χ4n) is 2.58. The molecule has 0 amide bonds. The molecule has 0 N–H and O–H groups in total. The van der Waals surface area contributed by atoms with E-state index in [9.17, 15) is 18.4 Å². The number of hydrogen-bond donors (Lipinski definition) is 0. The van der Waals surface area contributed by atoms with E-state index in [1.807, 2.05) is 48.5 Å². The van der Waals surface area contributed by atoms with Crippen molar-refractivity contribution in [2.24, 2.45) is 0 Å². The summed E-state index contributed by atoms with van der Waals surface area (Å²) >= 11 is 0. The first-order valence-corrected chi connectivity index (χ1v) is 7.26. The van der Waals surface area contributed by atoms with Gasteiger partial charge in [-0.05, 0) is 40.1 Å². The van der Waals surface area contributed by atoms with Gasteiger partial charge in [-0.15, -0.1) is 0 Å². The van der Waals surface area contributed by atoms with Crippen LogP contribution in [0.3, 0.4) is 0 Å². The van der Waals surface area contributed by atoms with E-state index in [1.165, 1.54) is 12.1 Å². The Hall–Kier alpha value is -3.06. The van der Waals surface area contributed by atoms with Crippen molar-refractivity contribution < 1.29 is 13.2 Å². The number of allylic oxidation sites excluding steroid dienone is 1.